The van der Waals surface area contributed by atoms with Gasteiger partial charge in [0.2, 0.25) is 0 Å². The number of nitrogens with one attached hydrogen (secondary N) is 1. The van der Waals surface area contributed by atoms with Gasteiger partial charge >= 0.3 is 0 Å². The molecule has 1 saturated heterocycles. The molecule has 1 N–H and O–H groups in total. The third-order valence-electron chi connectivity index (χ3n) is 4.36. The number of benzene rings is 2. The van der Waals surface area contributed by atoms with Gasteiger partial charge in [-0.3, -0.25) is 0 Å². The molecule has 0 aromatic heterocycles. The number of halogens is 2. The van der Waals surface area contributed by atoms with Crippen LogP contribution in [0.15, 0.2) is 35.3 Å². The van der Waals surface area contributed by atoms with E-state index in [0.29, 0.717) is 5.02 Å². The Labute approximate surface area is 173 Å². The fourth-order valence-corrected chi connectivity index (χ4v) is 3.99. The van der Waals surface area contributed by atoms with Gasteiger partial charge in [-0.2, -0.15) is 0 Å². The lowest BCUT2D eigenvalue weighted by Crippen LogP contribution is -2.40. The number of hydrogen-bond acceptors (Lipinski definition) is 3. The highest BCUT2D eigenvalue weighted by atomic mass is 127. The number of ether oxygens (including phenoxy) is 1. The van der Waals surface area contributed by atoms with E-state index >= 15 is 0 Å². The predicted octanol–water partition coefficient (Wildman–Crippen LogP) is 6.00. The molecule has 0 aliphatic carbocycles. The second-order valence-corrected chi connectivity index (χ2v) is 8.23. The van der Waals surface area contributed by atoms with Gasteiger partial charge in [-0.1, -0.05) is 18.0 Å². The molecule has 138 valence electrons. The molecule has 0 atom stereocenters. The van der Waals surface area contributed by atoms with Crippen LogP contribution in [0.2, 0.25) is 5.02 Å². The Kier molecular flexibility index (Phi) is 6.78. The summed E-state index contributed by atoms with van der Waals surface area (Å²) in [6.45, 7) is 6.23. The molecular formula is C20H23ClIN3O. The van der Waals surface area contributed by atoms with E-state index in [4.69, 9.17) is 16.3 Å². The number of hydrogen-bond donors (Lipinski definition) is 1. The zero-order valence-corrected chi connectivity index (χ0v) is 18.0. The topological polar surface area (TPSA) is 36.9 Å². The van der Waals surface area contributed by atoms with Gasteiger partial charge in [0, 0.05) is 21.7 Å². The van der Waals surface area contributed by atoms with Crippen molar-refractivity contribution >= 4 is 46.2 Å². The molecule has 1 aliphatic rings. The summed E-state index contributed by atoms with van der Waals surface area (Å²) in [7, 11) is 0. The summed E-state index contributed by atoms with van der Waals surface area (Å²) in [5.74, 6) is 1.57. The minimum absolute atomic E-state index is 0.672. The minimum atomic E-state index is 0.672. The molecule has 0 spiro atoms. The van der Waals surface area contributed by atoms with Crippen molar-refractivity contribution in [3.63, 3.8) is 0 Å². The van der Waals surface area contributed by atoms with Crippen molar-refractivity contribution in [3.05, 3.63) is 50.1 Å². The largest absolute Gasteiger partial charge is 0.457 e. The first kappa shape index (κ1) is 19.5. The highest BCUT2D eigenvalue weighted by Gasteiger charge is 2.09. The van der Waals surface area contributed by atoms with Crippen LogP contribution in [0.5, 0.6) is 11.5 Å². The highest BCUT2D eigenvalue weighted by molar-refractivity contribution is 14.1. The molecular weight excluding hydrogens is 461 g/mol. The Balaban J connectivity index is 1.71. The third-order valence-corrected chi connectivity index (χ3v) is 5.20. The summed E-state index contributed by atoms with van der Waals surface area (Å²) in [6, 6.07) is 9.77. The molecule has 2 aromatic rings. The first-order valence-electron chi connectivity index (χ1n) is 8.80. The molecule has 1 aliphatic heterocycles. The number of piperidine rings is 1. The smallest absolute Gasteiger partial charge is 0.130 e. The van der Waals surface area contributed by atoms with Crippen LogP contribution in [-0.2, 0) is 0 Å². The van der Waals surface area contributed by atoms with Crippen LogP contribution in [0.1, 0.15) is 30.4 Å². The van der Waals surface area contributed by atoms with Crippen LogP contribution in [0.25, 0.3) is 0 Å². The van der Waals surface area contributed by atoms with Gasteiger partial charge in [-0.15, -0.1) is 0 Å². The fraction of sp³-hybridized carbons (Fsp3) is 0.350. The lowest BCUT2D eigenvalue weighted by molar-refractivity contribution is 0.197. The minimum Gasteiger partial charge on any atom is -0.457 e. The van der Waals surface area contributed by atoms with E-state index < -0.39 is 0 Å². The normalized spacial score (nSPS) is 15.4. The quantitative estimate of drug-likeness (QED) is 0.322. The summed E-state index contributed by atoms with van der Waals surface area (Å²) in [4.78, 5) is 4.58. The Morgan fingerprint density at radius 3 is 2.58 bits per heavy atom. The zero-order valence-electron chi connectivity index (χ0n) is 15.1. The molecule has 0 amide bonds. The number of hydrazine groups is 1. The molecule has 1 fully saturated rings. The maximum atomic E-state index is 6.12. The molecule has 2 aromatic carbocycles. The second-order valence-electron chi connectivity index (χ2n) is 6.55. The Hall–Kier alpha value is -1.31. The standard InChI is InChI=1S/C20H23ClIN3O/c1-14-9-20(26-18-11-16(21)10-17(22)12-18)15(2)8-19(14)23-13-24-25-6-4-3-5-7-25/h8-13H,3-7H2,1-2H3,(H,23,24). The van der Waals surface area contributed by atoms with E-state index in [1.165, 1.54) is 19.3 Å². The van der Waals surface area contributed by atoms with Crippen LogP contribution in [-0.4, -0.2) is 24.4 Å². The second kappa shape index (κ2) is 9.06. The summed E-state index contributed by atoms with van der Waals surface area (Å²) in [5, 5.41) is 2.89. The summed E-state index contributed by atoms with van der Waals surface area (Å²) in [6.07, 6.45) is 5.59. The molecule has 6 heteroatoms. The number of rotatable bonds is 5. The number of aryl methyl sites for hydroxylation is 2. The summed E-state index contributed by atoms with van der Waals surface area (Å²) in [5.41, 5.74) is 6.33. The molecule has 3 rings (SSSR count). The van der Waals surface area contributed by atoms with E-state index in [1.54, 1.807) is 6.34 Å². The van der Waals surface area contributed by atoms with Gasteiger partial charge in [-0.25, -0.2) is 10.0 Å². The monoisotopic (exact) mass is 483 g/mol. The average Bonchev–Trinajstić information content (AvgIpc) is 2.59. The number of aliphatic imine (C=N–C) groups is 1. The molecule has 0 bridgehead atoms. The van der Waals surface area contributed by atoms with Crippen molar-refractivity contribution < 1.29 is 4.74 Å². The van der Waals surface area contributed by atoms with Gasteiger partial charge in [0.1, 0.15) is 17.8 Å². The van der Waals surface area contributed by atoms with Gasteiger partial charge in [0.05, 0.1) is 5.69 Å². The molecule has 0 unspecified atom stereocenters. The van der Waals surface area contributed by atoms with Crippen molar-refractivity contribution in [2.75, 3.05) is 13.1 Å². The van der Waals surface area contributed by atoms with Crippen molar-refractivity contribution in [3.8, 4) is 11.5 Å². The Morgan fingerprint density at radius 2 is 1.85 bits per heavy atom. The molecule has 1 heterocycles. The molecule has 0 saturated carbocycles. The van der Waals surface area contributed by atoms with Crippen LogP contribution in [0.4, 0.5) is 5.69 Å². The van der Waals surface area contributed by atoms with Gasteiger partial charge in [0.25, 0.3) is 0 Å². The lowest BCUT2D eigenvalue weighted by Gasteiger charge is -2.25. The first-order valence-corrected chi connectivity index (χ1v) is 10.3. The maximum absolute atomic E-state index is 6.12. The Morgan fingerprint density at radius 1 is 1.08 bits per heavy atom. The first-order chi connectivity index (χ1) is 12.5. The molecule has 4 nitrogen and oxygen atoms in total. The van der Waals surface area contributed by atoms with Crippen molar-refractivity contribution in [2.24, 2.45) is 4.99 Å². The SMILES string of the molecule is Cc1cc(Oc2cc(Cl)cc(I)c2)c(C)cc1N=CNN1CCCCC1. The van der Waals surface area contributed by atoms with E-state index in [0.717, 1.165) is 45.0 Å². The van der Waals surface area contributed by atoms with Gasteiger partial charge < -0.3 is 10.2 Å². The van der Waals surface area contributed by atoms with Crippen LogP contribution < -0.4 is 10.2 Å². The Bertz CT molecular complexity index is 784. The maximum Gasteiger partial charge on any atom is 0.130 e. The van der Waals surface area contributed by atoms with Crippen LogP contribution in [0.3, 0.4) is 0 Å². The summed E-state index contributed by atoms with van der Waals surface area (Å²) >= 11 is 8.35. The van der Waals surface area contributed by atoms with E-state index in [1.807, 2.05) is 38.1 Å². The van der Waals surface area contributed by atoms with Crippen molar-refractivity contribution in [1.82, 2.24) is 10.4 Å². The average molecular weight is 484 g/mol. The lowest BCUT2D eigenvalue weighted by atomic mass is 10.1. The third kappa shape index (κ3) is 5.34. The predicted molar refractivity (Wildman–Crippen MR) is 117 cm³/mol. The van der Waals surface area contributed by atoms with Gasteiger partial charge in [0.15, 0.2) is 0 Å². The van der Waals surface area contributed by atoms with Crippen molar-refractivity contribution in [1.29, 1.82) is 0 Å². The van der Waals surface area contributed by atoms with Crippen LogP contribution >= 0.6 is 34.2 Å². The van der Waals surface area contributed by atoms with E-state index in [9.17, 15) is 0 Å². The highest BCUT2D eigenvalue weighted by Crippen LogP contribution is 2.33. The van der Waals surface area contributed by atoms with Crippen molar-refractivity contribution in [2.45, 2.75) is 33.1 Å². The zero-order chi connectivity index (χ0) is 18.5. The summed E-state index contributed by atoms with van der Waals surface area (Å²) < 4.78 is 7.09. The molecule has 0 radical (unpaired) electrons. The van der Waals surface area contributed by atoms with E-state index in [-0.39, 0.29) is 0 Å². The van der Waals surface area contributed by atoms with Crippen LogP contribution in [0, 0.1) is 17.4 Å². The van der Waals surface area contributed by atoms with Gasteiger partial charge in [-0.05, 0) is 90.7 Å². The fourth-order valence-electron chi connectivity index (χ4n) is 2.94. The molecule has 26 heavy (non-hydrogen) atoms. The van der Waals surface area contributed by atoms with E-state index in [2.05, 4.69) is 44.1 Å². The number of nitrogens with zero attached hydrogens (tertiary/aromatic N) is 2.